The monoisotopic (exact) mass is 461 g/mol. The van der Waals surface area contributed by atoms with Crippen LogP contribution in [0.15, 0.2) is 58.4 Å². The van der Waals surface area contributed by atoms with Crippen molar-refractivity contribution in [3.63, 3.8) is 0 Å². The molecule has 3 aromatic heterocycles. The lowest BCUT2D eigenvalue weighted by Crippen LogP contribution is -2.23. The van der Waals surface area contributed by atoms with Crippen LogP contribution < -0.4 is 22.2 Å². The number of aromatic nitrogens is 6. The number of rotatable bonds is 8. The summed E-state index contributed by atoms with van der Waals surface area (Å²) in [6.07, 6.45) is 1.62. The second-order valence-corrected chi connectivity index (χ2v) is 6.89. The number of hydrazone groups is 1. The molecule has 14 heteroatoms. The number of nitrogen functional groups attached to an aromatic ring is 1. The molecule has 0 aliphatic rings. The fourth-order valence-corrected chi connectivity index (χ4v) is 3.00. The SMILES string of the molecule is C/C(=N\NC(=O)c1nnn(-c2nonc2N)c1CNc1ccccc1C(N)=O)c1ccccn1. The number of carbonyl (C=O) groups excluding carboxylic acids is 2. The molecule has 34 heavy (non-hydrogen) atoms. The van der Waals surface area contributed by atoms with Crippen molar-refractivity contribution in [1.29, 1.82) is 0 Å². The number of pyridine rings is 1. The Labute approximate surface area is 192 Å². The third-order valence-electron chi connectivity index (χ3n) is 4.67. The number of anilines is 2. The van der Waals surface area contributed by atoms with Gasteiger partial charge in [0.2, 0.25) is 11.6 Å². The van der Waals surface area contributed by atoms with Crippen LogP contribution in [0.3, 0.4) is 0 Å². The Morgan fingerprint density at radius 1 is 1.15 bits per heavy atom. The van der Waals surface area contributed by atoms with Crippen LogP contribution in [0.4, 0.5) is 11.5 Å². The number of nitrogens with one attached hydrogen (secondary N) is 2. The lowest BCUT2D eigenvalue weighted by atomic mass is 10.1. The topological polar surface area (TPSA) is 205 Å². The summed E-state index contributed by atoms with van der Waals surface area (Å²) in [7, 11) is 0. The first-order chi connectivity index (χ1) is 16.5. The van der Waals surface area contributed by atoms with Gasteiger partial charge in [-0.25, -0.2) is 10.1 Å². The van der Waals surface area contributed by atoms with Crippen molar-refractivity contribution < 1.29 is 14.2 Å². The summed E-state index contributed by atoms with van der Waals surface area (Å²) >= 11 is 0. The predicted octanol–water partition coefficient (Wildman–Crippen LogP) is 0.493. The summed E-state index contributed by atoms with van der Waals surface area (Å²) in [5.74, 6) is -1.27. The molecule has 0 unspecified atom stereocenters. The molecule has 0 fully saturated rings. The molecule has 0 saturated carbocycles. The maximum absolute atomic E-state index is 12.9. The maximum atomic E-state index is 12.9. The largest absolute Gasteiger partial charge is 0.379 e. The Morgan fingerprint density at radius 3 is 2.65 bits per heavy atom. The van der Waals surface area contributed by atoms with E-state index in [2.05, 4.69) is 46.1 Å². The average Bonchev–Trinajstić information content (AvgIpc) is 3.47. The summed E-state index contributed by atoms with van der Waals surface area (Å²) in [5, 5.41) is 22.3. The van der Waals surface area contributed by atoms with Gasteiger partial charge in [0.1, 0.15) is 0 Å². The third-order valence-corrected chi connectivity index (χ3v) is 4.67. The summed E-state index contributed by atoms with van der Waals surface area (Å²) in [4.78, 5) is 28.8. The molecule has 4 aromatic rings. The summed E-state index contributed by atoms with van der Waals surface area (Å²) < 4.78 is 5.85. The second kappa shape index (κ2) is 9.56. The zero-order valence-corrected chi connectivity index (χ0v) is 17.8. The summed E-state index contributed by atoms with van der Waals surface area (Å²) in [6.45, 7) is 1.69. The Bertz CT molecular complexity index is 1360. The Hall–Kier alpha value is -5.14. The van der Waals surface area contributed by atoms with E-state index in [9.17, 15) is 9.59 Å². The van der Waals surface area contributed by atoms with Gasteiger partial charge in [0.15, 0.2) is 5.69 Å². The van der Waals surface area contributed by atoms with Gasteiger partial charge >= 0.3 is 0 Å². The highest BCUT2D eigenvalue weighted by Gasteiger charge is 2.24. The van der Waals surface area contributed by atoms with Crippen molar-refractivity contribution in [2.45, 2.75) is 13.5 Å². The van der Waals surface area contributed by atoms with Gasteiger partial charge in [0, 0.05) is 11.9 Å². The quantitative estimate of drug-likeness (QED) is 0.211. The van der Waals surface area contributed by atoms with Crippen LogP contribution in [0.1, 0.15) is 39.2 Å². The fourth-order valence-electron chi connectivity index (χ4n) is 3.00. The highest BCUT2D eigenvalue weighted by atomic mass is 16.6. The molecule has 3 heterocycles. The summed E-state index contributed by atoms with van der Waals surface area (Å²) in [5.41, 5.74) is 15.7. The number of hydrogen-bond donors (Lipinski definition) is 4. The minimum atomic E-state index is -0.642. The molecule has 0 aliphatic carbocycles. The van der Waals surface area contributed by atoms with Gasteiger partial charge in [-0.05, 0) is 41.5 Å². The van der Waals surface area contributed by atoms with Gasteiger partial charge in [0.25, 0.3) is 11.8 Å². The zero-order valence-electron chi connectivity index (χ0n) is 17.8. The van der Waals surface area contributed by atoms with Gasteiger partial charge in [-0.15, -0.1) is 5.10 Å². The average molecular weight is 461 g/mol. The van der Waals surface area contributed by atoms with Crippen LogP contribution in [0.25, 0.3) is 5.82 Å². The van der Waals surface area contributed by atoms with Crippen molar-refractivity contribution >= 4 is 29.0 Å². The number of hydrogen-bond acceptors (Lipinski definition) is 11. The van der Waals surface area contributed by atoms with Crippen molar-refractivity contribution in [2.75, 3.05) is 11.1 Å². The van der Waals surface area contributed by atoms with Crippen LogP contribution in [0.5, 0.6) is 0 Å². The van der Waals surface area contributed by atoms with E-state index < -0.39 is 11.8 Å². The molecular weight excluding hydrogens is 442 g/mol. The minimum absolute atomic E-state index is 0.00468. The third kappa shape index (κ3) is 4.55. The fraction of sp³-hybridized carbons (Fsp3) is 0.100. The number of nitrogens with two attached hydrogens (primary N) is 2. The molecule has 0 spiro atoms. The number of carbonyl (C=O) groups is 2. The van der Waals surface area contributed by atoms with E-state index in [1.165, 1.54) is 4.68 Å². The number of nitrogens with zero attached hydrogens (tertiary/aromatic N) is 7. The Kier molecular flexibility index (Phi) is 6.20. The Balaban J connectivity index is 1.64. The van der Waals surface area contributed by atoms with E-state index in [1.807, 2.05) is 0 Å². The van der Waals surface area contributed by atoms with E-state index in [0.29, 0.717) is 17.1 Å². The number of benzene rings is 1. The molecule has 172 valence electrons. The predicted molar refractivity (Wildman–Crippen MR) is 120 cm³/mol. The van der Waals surface area contributed by atoms with E-state index >= 15 is 0 Å². The number of para-hydroxylation sites is 1. The molecule has 0 bridgehead atoms. The highest BCUT2D eigenvalue weighted by Crippen LogP contribution is 2.19. The number of amides is 2. The summed E-state index contributed by atoms with van der Waals surface area (Å²) in [6, 6.07) is 12.0. The lowest BCUT2D eigenvalue weighted by Gasteiger charge is -2.11. The zero-order chi connectivity index (χ0) is 24.1. The molecule has 0 atom stereocenters. The van der Waals surface area contributed by atoms with Gasteiger partial charge in [-0.2, -0.15) is 9.78 Å². The molecule has 4 rings (SSSR count). The normalized spacial score (nSPS) is 11.3. The van der Waals surface area contributed by atoms with E-state index in [0.717, 1.165) is 0 Å². The van der Waals surface area contributed by atoms with Crippen LogP contribution in [0.2, 0.25) is 0 Å². The van der Waals surface area contributed by atoms with E-state index in [-0.39, 0.29) is 35.1 Å². The van der Waals surface area contributed by atoms with Crippen LogP contribution in [0, 0.1) is 0 Å². The molecule has 0 aliphatic heterocycles. The van der Waals surface area contributed by atoms with Gasteiger partial charge in [-0.3, -0.25) is 14.6 Å². The highest BCUT2D eigenvalue weighted by molar-refractivity contribution is 6.00. The van der Waals surface area contributed by atoms with Crippen molar-refractivity contribution in [1.82, 2.24) is 35.7 Å². The molecule has 1 aromatic carbocycles. The van der Waals surface area contributed by atoms with Crippen LogP contribution >= 0.6 is 0 Å². The Morgan fingerprint density at radius 2 is 1.94 bits per heavy atom. The molecular formula is C20H19N11O3. The molecule has 0 saturated heterocycles. The molecule has 14 nitrogen and oxygen atoms in total. The molecule has 6 N–H and O–H groups in total. The first-order valence-electron chi connectivity index (χ1n) is 9.87. The van der Waals surface area contributed by atoms with Crippen LogP contribution in [-0.2, 0) is 6.54 Å². The van der Waals surface area contributed by atoms with E-state index in [1.54, 1.807) is 55.6 Å². The number of primary amides is 1. The van der Waals surface area contributed by atoms with Crippen molar-refractivity contribution in [3.8, 4) is 5.82 Å². The van der Waals surface area contributed by atoms with Gasteiger partial charge in [0.05, 0.1) is 29.2 Å². The lowest BCUT2D eigenvalue weighted by molar-refractivity contribution is 0.0947. The minimum Gasteiger partial charge on any atom is -0.379 e. The van der Waals surface area contributed by atoms with Crippen molar-refractivity contribution in [3.05, 3.63) is 71.3 Å². The van der Waals surface area contributed by atoms with Crippen molar-refractivity contribution in [2.24, 2.45) is 10.8 Å². The second-order valence-electron chi connectivity index (χ2n) is 6.89. The maximum Gasteiger partial charge on any atom is 0.293 e. The van der Waals surface area contributed by atoms with E-state index in [4.69, 9.17) is 11.5 Å². The molecule has 2 amide bonds. The van der Waals surface area contributed by atoms with Gasteiger partial charge < -0.3 is 16.8 Å². The first kappa shape index (κ1) is 22.1. The smallest absolute Gasteiger partial charge is 0.293 e. The van der Waals surface area contributed by atoms with Gasteiger partial charge in [-0.1, -0.05) is 23.4 Å². The standard InChI is InChI=1S/C20H19N11O3/c1-11(13-7-4-5-9-23-13)25-27-20(33)16-15(31(30-26-16)19-17(21)28-34-29-19)10-24-14-8-3-2-6-12(14)18(22)32/h2-9,24H,10H2,1H3,(H2,21,28)(H2,22,32)(H,27,33)/b25-11+. The first-order valence-corrected chi connectivity index (χ1v) is 9.87. The molecule has 0 radical (unpaired) electrons. The van der Waals surface area contributed by atoms with Crippen LogP contribution in [-0.4, -0.2) is 47.8 Å².